The zero-order chi connectivity index (χ0) is 12.3. The van der Waals surface area contributed by atoms with Gasteiger partial charge in [-0.1, -0.05) is 0 Å². The van der Waals surface area contributed by atoms with Gasteiger partial charge in [0.2, 0.25) is 0 Å². The van der Waals surface area contributed by atoms with Crippen molar-refractivity contribution in [2.45, 2.75) is 6.54 Å². The Morgan fingerprint density at radius 1 is 1.35 bits per heavy atom. The third kappa shape index (κ3) is 2.94. The number of halogens is 1. The number of hydrogen-bond donors (Lipinski definition) is 2. The Morgan fingerprint density at radius 3 is 2.76 bits per heavy atom. The Morgan fingerprint density at radius 2 is 2.18 bits per heavy atom. The van der Waals surface area contributed by atoms with Crippen molar-refractivity contribution in [1.82, 2.24) is 0 Å². The molecule has 2 rings (SSSR count). The van der Waals surface area contributed by atoms with Gasteiger partial charge in [-0.05, 0) is 40.2 Å². The quantitative estimate of drug-likeness (QED) is 0.908. The molecule has 17 heavy (non-hydrogen) atoms. The molecule has 0 saturated heterocycles. The fourth-order valence-electron chi connectivity index (χ4n) is 1.44. The second kappa shape index (κ2) is 5.14. The lowest BCUT2D eigenvalue weighted by atomic mass is 10.2. The SMILES string of the molecule is COc1ccc(NCc2ccc(Br)o2)cc1O. The van der Waals surface area contributed by atoms with Crippen LogP contribution in [-0.2, 0) is 6.54 Å². The number of methoxy groups -OCH3 is 1. The number of benzene rings is 1. The van der Waals surface area contributed by atoms with E-state index in [1.54, 1.807) is 12.1 Å². The molecule has 0 atom stereocenters. The van der Waals surface area contributed by atoms with Gasteiger partial charge in [0, 0.05) is 11.8 Å². The lowest BCUT2D eigenvalue weighted by molar-refractivity contribution is 0.373. The number of rotatable bonds is 4. The minimum Gasteiger partial charge on any atom is -0.504 e. The highest BCUT2D eigenvalue weighted by atomic mass is 79.9. The van der Waals surface area contributed by atoms with Crippen LogP contribution in [0.3, 0.4) is 0 Å². The molecule has 2 aromatic rings. The predicted octanol–water partition coefficient (Wildman–Crippen LogP) is 3.37. The van der Waals surface area contributed by atoms with Gasteiger partial charge in [-0.25, -0.2) is 0 Å². The molecule has 1 aromatic carbocycles. The summed E-state index contributed by atoms with van der Waals surface area (Å²) in [5, 5.41) is 12.7. The minimum atomic E-state index is 0.109. The summed E-state index contributed by atoms with van der Waals surface area (Å²) in [6.07, 6.45) is 0. The van der Waals surface area contributed by atoms with Crippen molar-refractivity contribution in [1.29, 1.82) is 0 Å². The maximum atomic E-state index is 9.60. The summed E-state index contributed by atoms with van der Waals surface area (Å²) >= 11 is 3.24. The summed E-state index contributed by atoms with van der Waals surface area (Å²) in [5.74, 6) is 1.38. The number of anilines is 1. The summed E-state index contributed by atoms with van der Waals surface area (Å²) in [6, 6.07) is 8.85. The zero-order valence-corrected chi connectivity index (χ0v) is 10.8. The zero-order valence-electron chi connectivity index (χ0n) is 9.24. The molecule has 0 spiro atoms. The number of furan rings is 1. The Balaban J connectivity index is 2.02. The van der Waals surface area contributed by atoms with Gasteiger partial charge in [-0.15, -0.1) is 0 Å². The van der Waals surface area contributed by atoms with Crippen LogP contribution in [0.5, 0.6) is 11.5 Å². The van der Waals surface area contributed by atoms with Crippen molar-refractivity contribution in [2.24, 2.45) is 0 Å². The lowest BCUT2D eigenvalue weighted by Crippen LogP contribution is -1.98. The van der Waals surface area contributed by atoms with Crippen molar-refractivity contribution in [3.63, 3.8) is 0 Å². The van der Waals surface area contributed by atoms with Crippen LogP contribution in [0, 0.1) is 0 Å². The molecule has 0 saturated carbocycles. The van der Waals surface area contributed by atoms with E-state index in [2.05, 4.69) is 21.2 Å². The van der Waals surface area contributed by atoms with E-state index >= 15 is 0 Å². The highest BCUT2D eigenvalue weighted by molar-refractivity contribution is 9.10. The second-order valence-corrected chi connectivity index (χ2v) is 4.23. The van der Waals surface area contributed by atoms with Gasteiger partial charge in [0.15, 0.2) is 16.2 Å². The average molecular weight is 298 g/mol. The van der Waals surface area contributed by atoms with Gasteiger partial charge in [0.05, 0.1) is 13.7 Å². The number of ether oxygens (including phenoxy) is 1. The maximum absolute atomic E-state index is 9.60. The number of nitrogens with one attached hydrogen (secondary N) is 1. The van der Waals surface area contributed by atoms with Crippen LogP contribution in [-0.4, -0.2) is 12.2 Å². The molecule has 5 heteroatoms. The van der Waals surface area contributed by atoms with Gasteiger partial charge in [0.1, 0.15) is 5.76 Å². The summed E-state index contributed by atoms with van der Waals surface area (Å²) < 4.78 is 11.0. The average Bonchev–Trinajstić information content (AvgIpc) is 2.73. The second-order valence-electron chi connectivity index (χ2n) is 3.45. The molecule has 4 nitrogen and oxygen atoms in total. The molecule has 0 bridgehead atoms. The highest BCUT2D eigenvalue weighted by Crippen LogP contribution is 2.28. The Labute approximate surface area is 107 Å². The van der Waals surface area contributed by atoms with Crippen molar-refractivity contribution < 1.29 is 14.3 Å². The highest BCUT2D eigenvalue weighted by Gasteiger charge is 2.03. The van der Waals surface area contributed by atoms with Crippen LogP contribution >= 0.6 is 15.9 Å². The number of hydrogen-bond acceptors (Lipinski definition) is 4. The third-order valence-corrected chi connectivity index (χ3v) is 2.70. The van der Waals surface area contributed by atoms with E-state index in [0.29, 0.717) is 17.0 Å². The van der Waals surface area contributed by atoms with Gasteiger partial charge < -0.3 is 19.6 Å². The van der Waals surface area contributed by atoms with E-state index in [1.807, 2.05) is 18.2 Å². The van der Waals surface area contributed by atoms with Crippen molar-refractivity contribution >= 4 is 21.6 Å². The first-order valence-corrected chi connectivity index (χ1v) is 5.83. The van der Waals surface area contributed by atoms with Crippen LogP contribution in [0.1, 0.15) is 5.76 Å². The first-order chi connectivity index (χ1) is 8.19. The first-order valence-electron chi connectivity index (χ1n) is 5.04. The largest absolute Gasteiger partial charge is 0.504 e. The number of phenolic OH excluding ortho intramolecular Hbond substituents is 1. The molecule has 0 fully saturated rings. The molecule has 0 aliphatic rings. The Hall–Kier alpha value is -1.62. The van der Waals surface area contributed by atoms with E-state index in [1.165, 1.54) is 7.11 Å². The molecule has 90 valence electrons. The number of phenols is 1. The molecule has 0 aliphatic heterocycles. The van der Waals surface area contributed by atoms with Crippen LogP contribution < -0.4 is 10.1 Å². The van der Waals surface area contributed by atoms with E-state index in [4.69, 9.17) is 9.15 Å². The van der Waals surface area contributed by atoms with E-state index in [9.17, 15) is 5.11 Å². The Bertz CT molecular complexity index is 510. The van der Waals surface area contributed by atoms with Crippen LogP contribution in [0.25, 0.3) is 0 Å². The summed E-state index contributed by atoms with van der Waals surface area (Å²) in [5.41, 5.74) is 0.802. The molecule has 2 N–H and O–H groups in total. The third-order valence-electron chi connectivity index (χ3n) is 2.27. The smallest absolute Gasteiger partial charge is 0.169 e. The monoisotopic (exact) mass is 297 g/mol. The number of aromatic hydroxyl groups is 1. The van der Waals surface area contributed by atoms with Crippen LogP contribution in [0.2, 0.25) is 0 Å². The maximum Gasteiger partial charge on any atom is 0.169 e. The fraction of sp³-hybridized carbons (Fsp3) is 0.167. The molecular formula is C12H12BrNO3. The minimum absolute atomic E-state index is 0.109. The lowest BCUT2D eigenvalue weighted by Gasteiger charge is -2.07. The summed E-state index contributed by atoms with van der Waals surface area (Å²) in [6.45, 7) is 0.553. The molecule has 0 radical (unpaired) electrons. The van der Waals surface area contributed by atoms with Crippen LogP contribution in [0.4, 0.5) is 5.69 Å². The van der Waals surface area contributed by atoms with Gasteiger partial charge in [0.25, 0.3) is 0 Å². The van der Waals surface area contributed by atoms with Gasteiger partial charge in [-0.3, -0.25) is 0 Å². The van der Waals surface area contributed by atoms with E-state index in [-0.39, 0.29) is 5.75 Å². The molecular weight excluding hydrogens is 286 g/mol. The van der Waals surface area contributed by atoms with E-state index in [0.717, 1.165) is 11.4 Å². The molecule has 0 aliphatic carbocycles. The van der Waals surface area contributed by atoms with Crippen molar-refractivity contribution in [3.05, 3.63) is 40.8 Å². The van der Waals surface area contributed by atoms with Gasteiger partial charge >= 0.3 is 0 Å². The first kappa shape index (κ1) is 11.9. The summed E-state index contributed by atoms with van der Waals surface area (Å²) in [7, 11) is 1.52. The molecule has 1 aromatic heterocycles. The van der Waals surface area contributed by atoms with E-state index < -0.39 is 0 Å². The predicted molar refractivity (Wildman–Crippen MR) is 68.4 cm³/mol. The molecule has 1 heterocycles. The van der Waals surface area contributed by atoms with Crippen molar-refractivity contribution in [3.8, 4) is 11.5 Å². The molecule has 0 unspecified atom stereocenters. The summed E-state index contributed by atoms with van der Waals surface area (Å²) in [4.78, 5) is 0. The molecule has 0 amide bonds. The van der Waals surface area contributed by atoms with Crippen molar-refractivity contribution in [2.75, 3.05) is 12.4 Å². The topological polar surface area (TPSA) is 54.6 Å². The van der Waals surface area contributed by atoms with Gasteiger partial charge in [-0.2, -0.15) is 0 Å². The normalized spacial score (nSPS) is 10.2. The standard InChI is InChI=1S/C12H12BrNO3/c1-16-11-4-2-8(6-10(11)15)14-7-9-3-5-12(13)17-9/h2-6,14-15H,7H2,1H3. The van der Waals surface area contributed by atoms with Crippen LogP contribution in [0.15, 0.2) is 39.4 Å². The fourth-order valence-corrected chi connectivity index (χ4v) is 1.78. The Kier molecular flexibility index (Phi) is 3.58.